The lowest BCUT2D eigenvalue weighted by atomic mass is 9.89. The summed E-state index contributed by atoms with van der Waals surface area (Å²) in [5.74, 6) is 1.42. The summed E-state index contributed by atoms with van der Waals surface area (Å²) in [4.78, 5) is 21.4. The standard InChI is InChI=1S/C21H25N5O2/c1-24-15-9-14(10-16(24)13-28-12-15)25-8-4-5-17-18(20(22)27)11-26(21(17)25)19-6-2-3-7-23-19/h2-4,6-8,11,14-16H,5,9-10,12-13H2,1H3,(H2,22,27)/t14?,15-,16+. The lowest BCUT2D eigenvalue weighted by molar-refractivity contribution is -0.0645. The number of fused-ring (bicyclic) bond motifs is 3. The molecule has 146 valence electrons. The molecule has 1 amide bonds. The van der Waals surface area contributed by atoms with Gasteiger partial charge in [0.1, 0.15) is 11.6 Å². The molecule has 0 saturated carbocycles. The molecule has 2 N–H and O–H groups in total. The minimum atomic E-state index is -0.394. The molecule has 28 heavy (non-hydrogen) atoms. The Labute approximate surface area is 164 Å². The molecular weight excluding hydrogens is 354 g/mol. The van der Waals surface area contributed by atoms with Crippen LogP contribution in [0.2, 0.25) is 0 Å². The SMILES string of the molecule is CN1[C@@H]2COC[C@H]1CC(N1C=CCc3c(C(N)=O)cn(-c4ccccn4)c31)C2. The van der Waals surface area contributed by atoms with E-state index in [4.69, 9.17) is 10.5 Å². The van der Waals surface area contributed by atoms with Gasteiger partial charge in [0, 0.05) is 42.3 Å². The van der Waals surface area contributed by atoms with E-state index in [2.05, 4.69) is 34.1 Å². The molecular formula is C21H25N5O2. The zero-order valence-corrected chi connectivity index (χ0v) is 16.0. The van der Waals surface area contributed by atoms with E-state index in [0.29, 0.717) is 30.1 Å². The van der Waals surface area contributed by atoms with Crippen LogP contribution in [0.15, 0.2) is 42.9 Å². The van der Waals surface area contributed by atoms with Gasteiger partial charge in [-0.2, -0.15) is 0 Å². The van der Waals surface area contributed by atoms with Crippen molar-refractivity contribution >= 4 is 11.7 Å². The number of nitrogens with zero attached hydrogens (tertiary/aromatic N) is 4. The molecule has 5 heterocycles. The number of allylic oxidation sites excluding steroid dienone is 1. The highest BCUT2D eigenvalue weighted by molar-refractivity contribution is 5.96. The van der Waals surface area contributed by atoms with E-state index in [1.165, 1.54) is 0 Å². The number of likely N-dealkylation sites (N-methyl/N-ethyl adjacent to an activating group) is 1. The van der Waals surface area contributed by atoms with Crippen molar-refractivity contribution in [1.29, 1.82) is 0 Å². The van der Waals surface area contributed by atoms with Crippen LogP contribution in [-0.2, 0) is 11.2 Å². The molecule has 0 aliphatic carbocycles. The Morgan fingerprint density at radius 3 is 2.68 bits per heavy atom. The minimum absolute atomic E-state index is 0.350. The summed E-state index contributed by atoms with van der Waals surface area (Å²) in [5, 5.41) is 0. The number of piperidine rings is 1. The molecule has 0 radical (unpaired) electrons. The maximum absolute atomic E-state index is 12.1. The van der Waals surface area contributed by atoms with Gasteiger partial charge in [0.05, 0.1) is 18.8 Å². The summed E-state index contributed by atoms with van der Waals surface area (Å²) in [7, 11) is 2.20. The van der Waals surface area contributed by atoms with Crippen LogP contribution in [0.4, 0.5) is 5.82 Å². The quantitative estimate of drug-likeness (QED) is 0.879. The largest absolute Gasteiger partial charge is 0.378 e. The number of pyridine rings is 1. The van der Waals surface area contributed by atoms with Crippen molar-refractivity contribution < 1.29 is 9.53 Å². The molecule has 2 saturated heterocycles. The van der Waals surface area contributed by atoms with E-state index < -0.39 is 5.91 Å². The molecule has 7 nitrogen and oxygen atoms in total. The Morgan fingerprint density at radius 1 is 1.21 bits per heavy atom. The van der Waals surface area contributed by atoms with Gasteiger partial charge in [-0.25, -0.2) is 4.98 Å². The molecule has 3 aliphatic rings. The van der Waals surface area contributed by atoms with Gasteiger partial charge >= 0.3 is 0 Å². The summed E-state index contributed by atoms with van der Waals surface area (Å²) in [6.45, 7) is 1.56. The number of carbonyl (C=O) groups excluding carboxylic acids is 1. The fourth-order valence-corrected chi connectivity index (χ4v) is 4.84. The van der Waals surface area contributed by atoms with E-state index in [0.717, 1.165) is 43.3 Å². The van der Waals surface area contributed by atoms with Crippen LogP contribution >= 0.6 is 0 Å². The fourth-order valence-electron chi connectivity index (χ4n) is 4.84. The van der Waals surface area contributed by atoms with Crippen molar-refractivity contribution in [3.63, 3.8) is 0 Å². The lowest BCUT2D eigenvalue weighted by Crippen LogP contribution is -2.59. The molecule has 3 atom stereocenters. The number of anilines is 1. The molecule has 2 bridgehead atoms. The maximum Gasteiger partial charge on any atom is 0.250 e. The Kier molecular flexibility index (Phi) is 4.21. The van der Waals surface area contributed by atoms with Gasteiger partial charge in [-0.3, -0.25) is 14.3 Å². The number of amides is 1. The highest BCUT2D eigenvalue weighted by Crippen LogP contribution is 2.38. The first-order chi connectivity index (χ1) is 13.6. The Balaban J connectivity index is 1.59. The molecule has 5 rings (SSSR count). The van der Waals surface area contributed by atoms with E-state index in [9.17, 15) is 4.79 Å². The van der Waals surface area contributed by atoms with Gasteiger partial charge < -0.3 is 15.4 Å². The summed E-state index contributed by atoms with van der Waals surface area (Å²) >= 11 is 0. The van der Waals surface area contributed by atoms with Crippen LogP contribution < -0.4 is 10.6 Å². The fraction of sp³-hybridized carbons (Fsp3) is 0.429. The van der Waals surface area contributed by atoms with E-state index >= 15 is 0 Å². The molecule has 2 aromatic rings. The third kappa shape index (κ3) is 2.73. The van der Waals surface area contributed by atoms with Gasteiger partial charge in [-0.1, -0.05) is 12.1 Å². The molecule has 2 fully saturated rings. The second-order valence-electron chi connectivity index (χ2n) is 7.90. The minimum Gasteiger partial charge on any atom is -0.378 e. The second-order valence-corrected chi connectivity index (χ2v) is 7.90. The van der Waals surface area contributed by atoms with E-state index in [-0.39, 0.29) is 0 Å². The first-order valence-electron chi connectivity index (χ1n) is 9.83. The van der Waals surface area contributed by atoms with Gasteiger partial charge in [-0.15, -0.1) is 0 Å². The Bertz CT molecular complexity index is 908. The number of primary amides is 1. The molecule has 0 aromatic carbocycles. The van der Waals surface area contributed by atoms with Crippen LogP contribution in [-0.4, -0.2) is 58.7 Å². The van der Waals surface area contributed by atoms with Crippen LogP contribution in [0.1, 0.15) is 28.8 Å². The van der Waals surface area contributed by atoms with Crippen LogP contribution in [0.25, 0.3) is 5.82 Å². The highest BCUT2D eigenvalue weighted by Gasteiger charge is 2.40. The predicted octanol–water partition coefficient (Wildman–Crippen LogP) is 1.71. The zero-order valence-electron chi connectivity index (χ0n) is 16.0. The Hall–Kier alpha value is -2.64. The number of carbonyl (C=O) groups is 1. The number of nitrogens with two attached hydrogens (primary N) is 1. The van der Waals surface area contributed by atoms with Gasteiger partial charge in [0.25, 0.3) is 5.91 Å². The molecule has 3 aliphatic heterocycles. The van der Waals surface area contributed by atoms with Crippen molar-refractivity contribution in [3.8, 4) is 5.82 Å². The molecule has 2 aromatic heterocycles. The van der Waals surface area contributed by atoms with Crippen molar-refractivity contribution in [3.05, 3.63) is 54.0 Å². The number of ether oxygens (including phenoxy) is 1. The lowest BCUT2D eigenvalue weighted by Gasteiger charge is -2.49. The topological polar surface area (TPSA) is 76.6 Å². The smallest absolute Gasteiger partial charge is 0.250 e. The second kappa shape index (κ2) is 6.76. The van der Waals surface area contributed by atoms with E-state index in [1.807, 2.05) is 29.0 Å². The van der Waals surface area contributed by atoms with Crippen molar-refractivity contribution in [2.24, 2.45) is 5.73 Å². The third-order valence-corrected chi connectivity index (χ3v) is 6.33. The maximum atomic E-state index is 12.1. The normalized spacial score (nSPS) is 26.9. The van der Waals surface area contributed by atoms with Crippen LogP contribution in [0.5, 0.6) is 0 Å². The predicted molar refractivity (Wildman–Crippen MR) is 107 cm³/mol. The van der Waals surface area contributed by atoms with Crippen molar-refractivity contribution in [2.75, 3.05) is 25.2 Å². The number of morpholine rings is 1. The zero-order chi connectivity index (χ0) is 19.3. The molecule has 1 unspecified atom stereocenters. The Morgan fingerprint density at radius 2 is 2.00 bits per heavy atom. The van der Waals surface area contributed by atoms with Gasteiger partial charge in [0.15, 0.2) is 0 Å². The first kappa shape index (κ1) is 17.5. The molecule has 0 spiro atoms. The monoisotopic (exact) mass is 379 g/mol. The van der Waals surface area contributed by atoms with Crippen LogP contribution in [0.3, 0.4) is 0 Å². The number of aromatic nitrogens is 2. The molecule has 7 heteroatoms. The average Bonchev–Trinajstić information content (AvgIpc) is 3.09. The highest BCUT2D eigenvalue weighted by atomic mass is 16.5. The summed E-state index contributed by atoms with van der Waals surface area (Å²) < 4.78 is 7.80. The summed E-state index contributed by atoms with van der Waals surface area (Å²) in [5.41, 5.74) is 7.27. The average molecular weight is 379 g/mol. The number of hydrogen-bond donors (Lipinski definition) is 1. The summed E-state index contributed by atoms with van der Waals surface area (Å²) in [6.07, 6.45) is 10.7. The number of hydrogen-bond acceptors (Lipinski definition) is 5. The first-order valence-corrected chi connectivity index (χ1v) is 9.83. The van der Waals surface area contributed by atoms with Crippen molar-refractivity contribution in [1.82, 2.24) is 14.5 Å². The van der Waals surface area contributed by atoms with E-state index in [1.54, 1.807) is 6.20 Å². The van der Waals surface area contributed by atoms with Gasteiger partial charge in [-0.05, 0) is 38.4 Å². The third-order valence-electron chi connectivity index (χ3n) is 6.33. The van der Waals surface area contributed by atoms with Crippen molar-refractivity contribution in [2.45, 2.75) is 37.4 Å². The number of rotatable bonds is 3. The van der Waals surface area contributed by atoms with Crippen LogP contribution in [0, 0.1) is 0 Å². The van der Waals surface area contributed by atoms with Gasteiger partial charge in [0.2, 0.25) is 0 Å². The summed E-state index contributed by atoms with van der Waals surface area (Å²) in [6, 6.07) is 7.00.